The van der Waals surface area contributed by atoms with Crippen molar-refractivity contribution in [3.8, 4) is 0 Å². The average molecular weight is 278 g/mol. The average Bonchev–Trinajstić information content (AvgIpc) is 2.30. The summed E-state index contributed by atoms with van der Waals surface area (Å²) in [5, 5.41) is 10.8. The Bertz CT molecular complexity index is 668. The first kappa shape index (κ1) is 13.3. The van der Waals surface area contributed by atoms with E-state index in [9.17, 15) is 8.42 Å². The molecule has 0 aliphatic rings. The van der Waals surface area contributed by atoms with E-state index in [2.05, 4.69) is 20.2 Å². The van der Waals surface area contributed by atoms with Crippen LogP contribution in [0.25, 0.3) is 0 Å². The molecule has 0 radical (unpaired) electrons. The van der Waals surface area contributed by atoms with E-state index in [1.165, 1.54) is 0 Å². The molecular weight excluding hydrogens is 264 g/mol. The fourth-order valence-corrected chi connectivity index (χ4v) is 2.00. The number of hydrogen-bond acceptors (Lipinski definition) is 5. The molecule has 0 spiro atoms. The van der Waals surface area contributed by atoms with Crippen molar-refractivity contribution in [2.24, 2.45) is 0 Å². The molecule has 0 unspecified atom stereocenters. The Kier molecular flexibility index (Phi) is 3.66. The molecule has 0 saturated heterocycles. The van der Waals surface area contributed by atoms with Gasteiger partial charge in [-0.05, 0) is 36.8 Å². The van der Waals surface area contributed by atoms with Crippen molar-refractivity contribution in [1.29, 1.82) is 0 Å². The third kappa shape index (κ3) is 4.22. The molecule has 0 amide bonds. The van der Waals surface area contributed by atoms with Crippen LogP contribution in [0.1, 0.15) is 5.56 Å². The molecule has 2 aromatic rings. The third-order valence-electron chi connectivity index (χ3n) is 2.24. The first-order chi connectivity index (χ1) is 8.92. The van der Waals surface area contributed by atoms with Gasteiger partial charge in [0, 0.05) is 5.69 Å². The van der Waals surface area contributed by atoms with Gasteiger partial charge in [-0.15, -0.1) is 10.2 Å². The normalized spacial score (nSPS) is 11.1. The van der Waals surface area contributed by atoms with Gasteiger partial charge in [0.05, 0.1) is 6.26 Å². The highest BCUT2D eigenvalue weighted by Crippen LogP contribution is 2.16. The third-order valence-corrected chi connectivity index (χ3v) is 2.82. The lowest BCUT2D eigenvalue weighted by Crippen LogP contribution is -2.11. The number of hydrogen-bond donors (Lipinski definition) is 2. The lowest BCUT2D eigenvalue weighted by molar-refractivity contribution is 0.606. The first-order valence-corrected chi connectivity index (χ1v) is 7.47. The molecule has 0 atom stereocenters. The lowest BCUT2D eigenvalue weighted by Gasteiger charge is -2.06. The van der Waals surface area contributed by atoms with Crippen molar-refractivity contribution in [2.75, 3.05) is 16.3 Å². The summed E-state index contributed by atoms with van der Waals surface area (Å²) in [6.45, 7) is 2.00. The van der Waals surface area contributed by atoms with Crippen molar-refractivity contribution in [3.05, 3.63) is 42.0 Å². The molecule has 2 rings (SSSR count). The largest absolute Gasteiger partial charge is 0.339 e. The van der Waals surface area contributed by atoms with Crippen LogP contribution in [0.2, 0.25) is 0 Å². The molecule has 0 aliphatic heterocycles. The van der Waals surface area contributed by atoms with E-state index >= 15 is 0 Å². The zero-order valence-electron chi connectivity index (χ0n) is 10.6. The number of anilines is 3. The van der Waals surface area contributed by atoms with Crippen LogP contribution >= 0.6 is 0 Å². The van der Waals surface area contributed by atoms with Crippen LogP contribution in [0.15, 0.2) is 36.4 Å². The molecule has 2 N–H and O–H groups in total. The maximum absolute atomic E-state index is 11.0. The summed E-state index contributed by atoms with van der Waals surface area (Å²) in [7, 11) is -3.33. The van der Waals surface area contributed by atoms with Gasteiger partial charge < -0.3 is 5.32 Å². The number of nitrogens with one attached hydrogen (secondary N) is 2. The van der Waals surface area contributed by atoms with Gasteiger partial charge in [0.15, 0.2) is 11.6 Å². The summed E-state index contributed by atoms with van der Waals surface area (Å²) in [4.78, 5) is 0. The van der Waals surface area contributed by atoms with E-state index in [0.29, 0.717) is 5.82 Å². The molecule has 1 aromatic heterocycles. The second-order valence-corrected chi connectivity index (χ2v) is 5.92. The zero-order valence-corrected chi connectivity index (χ0v) is 11.4. The van der Waals surface area contributed by atoms with E-state index < -0.39 is 10.0 Å². The minimum atomic E-state index is -3.33. The molecule has 7 heteroatoms. The second-order valence-electron chi connectivity index (χ2n) is 4.17. The quantitative estimate of drug-likeness (QED) is 0.892. The SMILES string of the molecule is Cc1cccc(Nc2ccc(NS(C)(=O)=O)nn2)c1. The minimum Gasteiger partial charge on any atom is -0.339 e. The predicted molar refractivity (Wildman–Crippen MR) is 75.0 cm³/mol. The molecule has 1 heterocycles. The molecular formula is C12H14N4O2S. The highest BCUT2D eigenvalue weighted by atomic mass is 32.2. The summed E-state index contributed by atoms with van der Waals surface area (Å²) in [6, 6.07) is 11.0. The Morgan fingerprint density at radius 3 is 2.32 bits per heavy atom. The minimum absolute atomic E-state index is 0.192. The van der Waals surface area contributed by atoms with Gasteiger partial charge in [-0.1, -0.05) is 12.1 Å². The highest BCUT2D eigenvalue weighted by molar-refractivity contribution is 7.92. The van der Waals surface area contributed by atoms with Gasteiger partial charge in [-0.2, -0.15) is 0 Å². The lowest BCUT2D eigenvalue weighted by atomic mass is 10.2. The predicted octanol–water partition coefficient (Wildman–Crippen LogP) is 1.90. The van der Waals surface area contributed by atoms with Gasteiger partial charge in [0.1, 0.15) is 0 Å². The van der Waals surface area contributed by atoms with Gasteiger partial charge in [0.25, 0.3) is 0 Å². The van der Waals surface area contributed by atoms with Crippen LogP contribution in [-0.4, -0.2) is 24.9 Å². The van der Waals surface area contributed by atoms with Gasteiger partial charge in [0.2, 0.25) is 10.0 Å². The Hall–Kier alpha value is -2.15. The summed E-state index contributed by atoms with van der Waals surface area (Å²) in [6.07, 6.45) is 1.06. The van der Waals surface area contributed by atoms with E-state index in [-0.39, 0.29) is 5.82 Å². The Labute approximate surface area is 111 Å². The molecule has 19 heavy (non-hydrogen) atoms. The van der Waals surface area contributed by atoms with Gasteiger partial charge in [-0.25, -0.2) is 8.42 Å². The standard InChI is InChI=1S/C12H14N4O2S/c1-9-4-3-5-10(8-9)13-11-6-7-12(15-14-11)16-19(2,17)18/h3-8H,1-2H3,(H,13,14)(H,15,16). The summed E-state index contributed by atoms with van der Waals surface area (Å²) < 4.78 is 24.3. The number of aryl methyl sites for hydroxylation is 1. The number of rotatable bonds is 4. The van der Waals surface area contributed by atoms with Crippen molar-refractivity contribution in [3.63, 3.8) is 0 Å². The van der Waals surface area contributed by atoms with Crippen molar-refractivity contribution in [2.45, 2.75) is 6.92 Å². The number of nitrogens with zero attached hydrogens (tertiary/aromatic N) is 2. The van der Waals surface area contributed by atoms with Crippen LogP contribution < -0.4 is 10.0 Å². The molecule has 100 valence electrons. The molecule has 6 nitrogen and oxygen atoms in total. The van der Waals surface area contributed by atoms with E-state index in [4.69, 9.17) is 0 Å². The van der Waals surface area contributed by atoms with Crippen molar-refractivity contribution in [1.82, 2.24) is 10.2 Å². The van der Waals surface area contributed by atoms with Gasteiger partial charge in [-0.3, -0.25) is 4.72 Å². The fourth-order valence-electron chi connectivity index (χ4n) is 1.51. The van der Waals surface area contributed by atoms with Gasteiger partial charge >= 0.3 is 0 Å². The summed E-state index contributed by atoms with van der Waals surface area (Å²) in [5.41, 5.74) is 2.03. The van der Waals surface area contributed by atoms with Crippen molar-refractivity contribution < 1.29 is 8.42 Å². The molecule has 0 fully saturated rings. The highest BCUT2D eigenvalue weighted by Gasteiger charge is 2.04. The summed E-state index contributed by atoms with van der Waals surface area (Å²) >= 11 is 0. The first-order valence-electron chi connectivity index (χ1n) is 5.57. The number of sulfonamides is 1. The van der Waals surface area contributed by atoms with Crippen LogP contribution in [0.4, 0.5) is 17.3 Å². The van der Waals surface area contributed by atoms with Crippen molar-refractivity contribution >= 4 is 27.3 Å². The van der Waals surface area contributed by atoms with Crippen LogP contribution in [-0.2, 0) is 10.0 Å². The van der Waals surface area contributed by atoms with Crippen LogP contribution in [0.3, 0.4) is 0 Å². The number of aromatic nitrogens is 2. The molecule has 0 bridgehead atoms. The summed E-state index contributed by atoms with van der Waals surface area (Å²) in [5.74, 6) is 0.738. The van der Waals surface area contributed by atoms with Crippen LogP contribution in [0, 0.1) is 6.92 Å². The Balaban J connectivity index is 2.11. The van der Waals surface area contributed by atoms with E-state index in [1.807, 2.05) is 31.2 Å². The molecule has 1 aromatic carbocycles. The van der Waals surface area contributed by atoms with E-state index in [1.54, 1.807) is 12.1 Å². The Morgan fingerprint density at radius 2 is 1.74 bits per heavy atom. The Morgan fingerprint density at radius 1 is 1.05 bits per heavy atom. The zero-order chi connectivity index (χ0) is 13.9. The molecule has 0 saturated carbocycles. The second kappa shape index (κ2) is 5.23. The maximum Gasteiger partial charge on any atom is 0.231 e. The smallest absolute Gasteiger partial charge is 0.231 e. The maximum atomic E-state index is 11.0. The monoisotopic (exact) mass is 278 g/mol. The topological polar surface area (TPSA) is 84.0 Å². The van der Waals surface area contributed by atoms with E-state index in [0.717, 1.165) is 17.5 Å². The van der Waals surface area contributed by atoms with Crippen LogP contribution in [0.5, 0.6) is 0 Å². The number of benzene rings is 1. The molecule has 0 aliphatic carbocycles. The fraction of sp³-hybridized carbons (Fsp3) is 0.167.